The van der Waals surface area contributed by atoms with E-state index in [0.29, 0.717) is 0 Å². The van der Waals surface area contributed by atoms with Crippen LogP contribution in [0.25, 0.3) is 0 Å². The van der Waals surface area contributed by atoms with Crippen molar-refractivity contribution in [3.05, 3.63) is 15.9 Å². The summed E-state index contributed by atoms with van der Waals surface area (Å²) in [6, 6.07) is 2.10. The Balaban J connectivity index is 2.78. The van der Waals surface area contributed by atoms with Crippen LogP contribution in [-0.4, -0.2) is 24.3 Å². The van der Waals surface area contributed by atoms with Crippen molar-refractivity contribution in [1.29, 1.82) is 0 Å². The molecule has 1 N–H and O–H groups in total. The molecule has 0 aliphatic carbocycles. The van der Waals surface area contributed by atoms with Gasteiger partial charge in [0.05, 0.1) is 5.00 Å². The van der Waals surface area contributed by atoms with E-state index < -0.39 is 0 Å². The Kier molecular flexibility index (Phi) is 3.98. The molecule has 0 saturated heterocycles. The monoisotopic (exact) mass is 277 g/mol. The second-order valence-corrected chi connectivity index (χ2v) is 5.75. The van der Waals surface area contributed by atoms with Gasteiger partial charge in [-0.1, -0.05) is 0 Å². The number of aliphatic hydroxyl groups is 1. The Morgan fingerprint density at radius 2 is 2.21 bits per heavy atom. The molecule has 0 radical (unpaired) electrons. The Bertz CT molecular complexity index is 298. The van der Waals surface area contributed by atoms with Crippen molar-refractivity contribution in [1.82, 2.24) is 0 Å². The largest absolute Gasteiger partial charge is 0.396 e. The average molecular weight is 278 g/mol. The van der Waals surface area contributed by atoms with Crippen molar-refractivity contribution in [2.45, 2.75) is 25.8 Å². The maximum atomic E-state index is 8.97. The zero-order chi connectivity index (χ0) is 10.8. The van der Waals surface area contributed by atoms with Gasteiger partial charge in [0.15, 0.2) is 0 Å². The molecule has 0 bridgehead atoms. The Morgan fingerprint density at radius 3 is 2.64 bits per heavy atom. The van der Waals surface area contributed by atoms with Gasteiger partial charge in [-0.05, 0) is 42.3 Å². The van der Waals surface area contributed by atoms with Gasteiger partial charge in [0, 0.05) is 29.0 Å². The number of thiophene rings is 1. The first-order valence-corrected chi connectivity index (χ1v) is 6.23. The molecule has 0 amide bonds. The molecule has 0 aliphatic rings. The number of rotatable bonds is 4. The van der Waals surface area contributed by atoms with Crippen LogP contribution in [0.2, 0.25) is 0 Å². The fraction of sp³-hybridized carbons (Fsp3) is 0.600. The first kappa shape index (κ1) is 12.0. The summed E-state index contributed by atoms with van der Waals surface area (Å²) in [6.45, 7) is 4.50. The first-order valence-electron chi connectivity index (χ1n) is 4.56. The minimum absolute atomic E-state index is 0.000949. The summed E-state index contributed by atoms with van der Waals surface area (Å²) in [5, 5.41) is 12.3. The molecule has 0 unspecified atom stereocenters. The molecular weight excluding hydrogens is 262 g/mol. The minimum atomic E-state index is -0.000949. The number of halogens is 1. The van der Waals surface area contributed by atoms with E-state index in [9.17, 15) is 0 Å². The van der Waals surface area contributed by atoms with Crippen LogP contribution in [0.1, 0.15) is 20.3 Å². The van der Waals surface area contributed by atoms with E-state index in [1.165, 1.54) is 5.00 Å². The predicted molar refractivity (Wildman–Crippen MR) is 66.2 cm³/mol. The lowest BCUT2D eigenvalue weighted by Crippen LogP contribution is -2.41. The third-order valence-electron chi connectivity index (χ3n) is 2.52. The molecule has 0 fully saturated rings. The van der Waals surface area contributed by atoms with Gasteiger partial charge in [0.25, 0.3) is 0 Å². The molecular formula is C10H16BrNOS. The number of nitrogens with zero attached hydrogens (tertiary/aromatic N) is 1. The van der Waals surface area contributed by atoms with Gasteiger partial charge < -0.3 is 10.0 Å². The van der Waals surface area contributed by atoms with E-state index in [2.05, 4.69) is 53.2 Å². The summed E-state index contributed by atoms with van der Waals surface area (Å²) in [6.07, 6.45) is 0.777. The molecule has 0 atom stereocenters. The van der Waals surface area contributed by atoms with Crippen molar-refractivity contribution in [2.24, 2.45) is 0 Å². The lowest BCUT2D eigenvalue weighted by atomic mass is 10.00. The molecule has 0 aromatic carbocycles. The van der Waals surface area contributed by atoms with Crippen molar-refractivity contribution < 1.29 is 5.11 Å². The quantitative estimate of drug-likeness (QED) is 0.914. The molecule has 1 aromatic rings. The van der Waals surface area contributed by atoms with Crippen LogP contribution in [0.3, 0.4) is 0 Å². The van der Waals surface area contributed by atoms with Crippen LogP contribution in [0.15, 0.2) is 15.9 Å². The molecule has 2 nitrogen and oxygen atoms in total. The van der Waals surface area contributed by atoms with Gasteiger partial charge in [-0.25, -0.2) is 0 Å². The van der Waals surface area contributed by atoms with Crippen LogP contribution in [-0.2, 0) is 0 Å². The molecule has 0 aliphatic heterocycles. The summed E-state index contributed by atoms with van der Waals surface area (Å²) in [7, 11) is 2.06. The summed E-state index contributed by atoms with van der Waals surface area (Å²) in [4.78, 5) is 2.21. The van der Waals surface area contributed by atoms with E-state index in [0.717, 1.165) is 10.9 Å². The van der Waals surface area contributed by atoms with Crippen LogP contribution < -0.4 is 4.90 Å². The molecule has 4 heteroatoms. The predicted octanol–water partition coefficient (Wildman–Crippen LogP) is 3.11. The molecule has 80 valence electrons. The fourth-order valence-electron chi connectivity index (χ4n) is 1.22. The van der Waals surface area contributed by atoms with E-state index in [1.807, 2.05) is 0 Å². The normalized spacial score (nSPS) is 11.8. The number of aliphatic hydroxyl groups excluding tert-OH is 1. The van der Waals surface area contributed by atoms with Crippen molar-refractivity contribution in [2.75, 3.05) is 18.6 Å². The van der Waals surface area contributed by atoms with Crippen LogP contribution in [0.5, 0.6) is 0 Å². The zero-order valence-electron chi connectivity index (χ0n) is 8.75. The zero-order valence-corrected chi connectivity index (χ0v) is 11.2. The molecule has 0 spiro atoms. The topological polar surface area (TPSA) is 23.5 Å². The summed E-state index contributed by atoms with van der Waals surface area (Å²) in [5.74, 6) is 0. The summed E-state index contributed by atoms with van der Waals surface area (Å²) in [5.41, 5.74) is -0.000949. The Labute approximate surface area is 97.7 Å². The third-order valence-corrected chi connectivity index (χ3v) is 4.28. The van der Waals surface area contributed by atoms with Gasteiger partial charge in [0.2, 0.25) is 0 Å². The molecule has 14 heavy (non-hydrogen) atoms. The highest BCUT2D eigenvalue weighted by atomic mass is 79.9. The van der Waals surface area contributed by atoms with Gasteiger partial charge in [-0.3, -0.25) is 0 Å². The lowest BCUT2D eigenvalue weighted by molar-refractivity contribution is 0.250. The second kappa shape index (κ2) is 4.64. The minimum Gasteiger partial charge on any atom is -0.396 e. The van der Waals surface area contributed by atoms with Crippen LogP contribution >= 0.6 is 27.3 Å². The SMILES string of the molecule is CN(c1cc(Br)cs1)C(C)(C)CCO. The van der Waals surface area contributed by atoms with Crippen molar-refractivity contribution in [3.63, 3.8) is 0 Å². The van der Waals surface area contributed by atoms with Gasteiger partial charge in [0.1, 0.15) is 0 Å². The van der Waals surface area contributed by atoms with Gasteiger partial charge >= 0.3 is 0 Å². The Hall–Kier alpha value is -0.0600. The Morgan fingerprint density at radius 1 is 1.57 bits per heavy atom. The number of anilines is 1. The molecule has 1 aromatic heterocycles. The molecule has 1 rings (SSSR count). The van der Waals surface area contributed by atoms with Crippen LogP contribution in [0, 0.1) is 0 Å². The first-order chi connectivity index (χ1) is 6.47. The van der Waals surface area contributed by atoms with E-state index in [-0.39, 0.29) is 12.1 Å². The van der Waals surface area contributed by atoms with Crippen LogP contribution in [0.4, 0.5) is 5.00 Å². The highest BCUT2D eigenvalue weighted by molar-refractivity contribution is 9.10. The summed E-state index contributed by atoms with van der Waals surface area (Å²) >= 11 is 5.15. The third kappa shape index (κ3) is 2.72. The molecule has 0 saturated carbocycles. The fourth-order valence-corrected chi connectivity index (χ4v) is 2.77. The van der Waals surface area contributed by atoms with Gasteiger partial charge in [-0.2, -0.15) is 0 Å². The lowest BCUT2D eigenvalue weighted by Gasteiger charge is -2.36. The number of hydrogen-bond acceptors (Lipinski definition) is 3. The molecule has 1 heterocycles. The maximum absolute atomic E-state index is 8.97. The van der Waals surface area contributed by atoms with E-state index >= 15 is 0 Å². The smallest absolute Gasteiger partial charge is 0.0922 e. The summed E-state index contributed by atoms with van der Waals surface area (Å²) < 4.78 is 1.11. The number of hydrogen-bond donors (Lipinski definition) is 1. The van der Waals surface area contributed by atoms with E-state index in [4.69, 9.17) is 5.11 Å². The average Bonchev–Trinajstić information content (AvgIpc) is 2.50. The van der Waals surface area contributed by atoms with Crippen molar-refractivity contribution in [3.8, 4) is 0 Å². The van der Waals surface area contributed by atoms with E-state index in [1.54, 1.807) is 11.3 Å². The van der Waals surface area contributed by atoms with Crippen molar-refractivity contribution >= 4 is 32.3 Å². The highest BCUT2D eigenvalue weighted by Crippen LogP contribution is 2.32. The maximum Gasteiger partial charge on any atom is 0.0922 e. The highest BCUT2D eigenvalue weighted by Gasteiger charge is 2.23. The standard InChI is InChI=1S/C10H16BrNOS/c1-10(2,4-5-13)12(3)9-6-8(11)7-14-9/h6-7,13H,4-5H2,1-3H3. The van der Waals surface area contributed by atoms with Gasteiger partial charge in [-0.15, -0.1) is 11.3 Å². The second-order valence-electron chi connectivity index (χ2n) is 3.95.